The van der Waals surface area contributed by atoms with Gasteiger partial charge in [0.1, 0.15) is 18.1 Å². The number of likely N-dealkylation sites (tertiary alicyclic amines) is 2. The molecular weight excluding hydrogens is 767 g/mol. The average Bonchev–Trinajstić information content (AvgIpc) is 4.10. The van der Waals surface area contributed by atoms with Gasteiger partial charge in [0.15, 0.2) is 0 Å². The lowest BCUT2D eigenvalue weighted by Crippen LogP contribution is -2.55. The van der Waals surface area contributed by atoms with E-state index in [0.29, 0.717) is 77.5 Å². The molecule has 4 atom stereocenters. The molecule has 0 radical (unpaired) electrons. The number of benzene rings is 2. The van der Waals surface area contributed by atoms with Gasteiger partial charge in [0.2, 0.25) is 35.9 Å². The van der Waals surface area contributed by atoms with Gasteiger partial charge in [0.05, 0.1) is 18.8 Å². The first-order chi connectivity index (χ1) is 29.1. The number of H-pyrrole nitrogens is 2. The van der Waals surface area contributed by atoms with Crippen LogP contribution >= 0.6 is 0 Å². The fraction of sp³-hybridized carbons (Fsp3) is 0.488. The first-order valence-electron chi connectivity index (χ1n) is 21.0. The van der Waals surface area contributed by atoms with E-state index in [2.05, 4.69) is 49.4 Å². The smallest absolute Gasteiger partial charge is 0.243 e. The fourth-order valence-corrected chi connectivity index (χ4v) is 7.42. The molecule has 6 rings (SSSR count). The molecule has 60 heavy (non-hydrogen) atoms. The summed E-state index contributed by atoms with van der Waals surface area (Å²) in [7, 11) is 0. The Labute approximate surface area is 351 Å². The van der Waals surface area contributed by atoms with Gasteiger partial charge in [-0.2, -0.15) is 0 Å². The summed E-state index contributed by atoms with van der Waals surface area (Å²) in [4.78, 5) is 84.1. The predicted molar refractivity (Wildman–Crippen MR) is 233 cm³/mol. The van der Waals surface area contributed by atoms with Crippen LogP contribution in [0.5, 0.6) is 0 Å². The zero-order valence-corrected chi connectivity index (χ0v) is 34.6. The Morgan fingerprint density at radius 2 is 1.37 bits per heavy atom. The van der Waals surface area contributed by atoms with E-state index in [-0.39, 0.29) is 36.9 Å². The number of nitrogen functional groups attached to an aromatic ring is 1. The molecular formula is C43H63N11O6. The van der Waals surface area contributed by atoms with Gasteiger partial charge in [-0.05, 0) is 101 Å². The number of rotatable bonds is 18. The number of anilines is 1. The van der Waals surface area contributed by atoms with Gasteiger partial charge in [0.25, 0.3) is 0 Å². The molecule has 2 aromatic carbocycles. The molecule has 12 N–H and O–H groups in total. The van der Waals surface area contributed by atoms with Crippen molar-refractivity contribution >= 4 is 63.4 Å². The van der Waals surface area contributed by atoms with Crippen LogP contribution in [-0.2, 0) is 28.8 Å². The molecule has 0 unspecified atom stereocenters. The fourth-order valence-electron chi connectivity index (χ4n) is 7.42. The second kappa shape index (κ2) is 24.9. The predicted octanol–water partition coefficient (Wildman–Crippen LogP) is 2.00. The molecule has 2 saturated heterocycles. The normalized spacial score (nSPS) is 16.8. The molecule has 4 heterocycles. The Kier molecular flexibility index (Phi) is 19.4. The maximum Gasteiger partial charge on any atom is 0.243 e. The van der Waals surface area contributed by atoms with Crippen LogP contribution in [0.1, 0.15) is 71.1 Å². The van der Waals surface area contributed by atoms with Crippen LogP contribution in [0, 0.1) is 0 Å². The van der Waals surface area contributed by atoms with Crippen LogP contribution in [0.25, 0.3) is 21.8 Å². The van der Waals surface area contributed by atoms with Crippen molar-refractivity contribution in [2.45, 2.75) is 95.3 Å². The Bertz CT molecular complexity index is 1950. The number of fused-ring (bicyclic) bond motifs is 2. The molecule has 2 fully saturated rings. The quantitative estimate of drug-likeness (QED) is 0.0524. The SMILES string of the molecule is C[C@H](CCCCN)NC(=O)[C@H]1CCCN1C(=O)CNC(=O)[C@H](CCCCN)NC(=O)[C@H]1CCCN1C(=O)CNC=O.Nc1c[nH]c2ccccc12.c1ccc2[nH]ccc2c1. The lowest BCUT2D eigenvalue weighted by molar-refractivity contribution is -0.140. The standard InChI is InChI=1S/C27H48N8O6.C8H8N2.C8H7N/c1-19(8-2-4-12-28)32-26(40)21-10-6-15-35(21)24(38)17-31-25(39)20(9-3-5-13-29)33-27(41)22-11-7-14-34(22)23(37)16-30-18-36;9-7-5-10-8-4-2-1-3-6(7)8;1-2-4-8-7(3-1)5-6-9-8/h18-22H,2-17,28-29H2,1H3,(H,30,36)(H,31,39)(H,32,40)(H,33,41);1-5,10H,9H2;1-6,9H/t19-,20+,21-,22-;;/m1../s1. The van der Waals surface area contributed by atoms with E-state index >= 15 is 0 Å². The Hall–Kier alpha value is -5.94. The third-order valence-corrected chi connectivity index (χ3v) is 10.6. The van der Waals surface area contributed by atoms with Crippen LogP contribution in [0.4, 0.5) is 5.69 Å². The summed E-state index contributed by atoms with van der Waals surface area (Å²) < 4.78 is 0. The van der Waals surface area contributed by atoms with Crippen molar-refractivity contribution in [3.05, 3.63) is 67.0 Å². The van der Waals surface area contributed by atoms with Crippen LogP contribution in [0.15, 0.2) is 67.0 Å². The molecule has 17 heteroatoms. The van der Waals surface area contributed by atoms with Gasteiger partial charge < -0.3 is 58.2 Å². The molecule has 326 valence electrons. The summed E-state index contributed by atoms with van der Waals surface area (Å²) in [6.45, 7) is 3.26. The third kappa shape index (κ3) is 14.1. The zero-order chi connectivity index (χ0) is 43.3. The van der Waals surface area contributed by atoms with Gasteiger partial charge in [0, 0.05) is 47.9 Å². The summed E-state index contributed by atoms with van der Waals surface area (Å²) in [6, 6.07) is 16.0. The van der Waals surface area contributed by atoms with Gasteiger partial charge in [-0.3, -0.25) is 28.8 Å². The molecule has 4 aromatic rings. The van der Waals surface area contributed by atoms with Crippen molar-refractivity contribution in [3.8, 4) is 0 Å². The summed E-state index contributed by atoms with van der Waals surface area (Å²) in [5.41, 5.74) is 19.9. The van der Waals surface area contributed by atoms with E-state index in [1.54, 1.807) is 0 Å². The monoisotopic (exact) mass is 829 g/mol. The molecule has 17 nitrogen and oxygen atoms in total. The molecule has 2 aliphatic heterocycles. The molecule has 0 aliphatic carbocycles. The van der Waals surface area contributed by atoms with E-state index in [4.69, 9.17) is 17.2 Å². The second-order valence-corrected chi connectivity index (χ2v) is 15.1. The van der Waals surface area contributed by atoms with Crippen LogP contribution in [-0.4, -0.2) is 119 Å². The first-order valence-corrected chi connectivity index (χ1v) is 21.0. The summed E-state index contributed by atoms with van der Waals surface area (Å²) >= 11 is 0. The van der Waals surface area contributed by atoms with Crippen LogP contribution in [0.3, 0.4) is 0 Å². The highest BCUT2D eigenvalue weighted by atomic mass is 16.2. The zero-order valence-electron chi connectivity index (χ0n) is 34.6. The van der Waals surface area contributed by atoms with E-state index in [9.17, 15) is 28.8 Å². The largest absolute Gasteiger partial charge is 0.397 e. The Balaban J connectivity index is 0.000000331. The number of carbonyl (C=O) groups is 6. The molecule has 2 aliphatic rings. The number of carbonyl (C=O) groups excluding carboxylic acids is 6. The lowest BCUT2D eigenvalue weighted by Gasteiger charge is -2.27. The van der Waals surface area contributed by atoms with Crippen molar-refractivity contribution in [2.24, 2.45) is 11.5 Å². The van der Waals surface area contributed by atoms with E-state index in [0.717, 1.165) is 35.9 Å². The Morgan fingerprint density at radius 1 is 0.767 bits per heavy atom. The molecule has 2 aromatic heterocycles. The molecule has 0 bridgehead atoms. The third-order valence-electron chi connectivity index (χ3n) is 10.6. The number of aromatic nitrogens is 2. The molecule has 6 amide bonds. The minimum absolute atomic E-state index is 0.0310. The highest BCUT2D eigenvalue weighted by molar-refractivity contribution is 5.95. The van der Waals surface area contributed by atoms with Crippen molar-refractivity contribution in [3.63, 3.8) is 0 Å². The number of amides is 6. The first kappa shape index (κ1) is 46.7. The van der Waals surface area contributed by atoms with Gasteiger partial charge >= 0.3 is 0 Å². The second-order valence-electron chi connectivity index (χ2n) is 15.1. The van der Waals surface area contributed by atoms with Gasteiger partial charge in [-0.1, -0.05) is 42.8 Å². The number of unbranched alkanes of at least 4 members (excludes halogenated alkanes) is 2. The minimum Gasteiger partial charge on any atom is -0.397 e. The van der Waals surface area contributed by atoms with Crippen LogP contribution in [0.2, 0.25) is 0 Å². The summed E-state index contributed by atoms with van der Waals surface area (Å²) in [6.07, 6.45) is 10.6. The summed E-state index contributed by atoms with van der Waals surface area (Å²) in [5, 5.41) is 13.0. The topological polar surface area (TPSA) is 267 Å². The minimum atomic E-state index is -0.917. The van der Waals surface area contributed by atoms with E-state index in [1.807, 2.05) is 55.7 Å². The molecule has 0 saturated carbocycles. The van der Waals surface area contributed by atoms with Crippen LogP contribution < -0.4 is 38.5 Å². The number of nitrogens with one attached hydrogen (secondary N) is 6. The highest BCUT2D eigenvalue weighted by Gasteiger charge is 2.37. The number of hydrogen-bond acceptors (Lipinski definition) is 9. The lowest BCUT2D eigenvalue weighted by atomic mass is 10.1. The van der Waals surface area contributed by atoms with Gasteiger partial charge in [-0.25, -0.2) is 0 Å². The highest BCUT2D eigenvalue weighted by Crippen LogP contribution is 2.20. The van der Waals surface area contributed by atoms with Crippen molar-refractivity contribution in [1.29, 1.82) is 0 Å². The van der Waals surface area contributed by atoms with E-state index in [1.165, 1.54) is 20.7 Å². The number of aromatic amines is 2. The van der Waals surface area contributed by atoms with Gasteiger partial charge in [-0.15, -0.1) is 0 Å². The maximum absolute atomic E-state index is 13.1. The number of nitrogens with zero attached hydrogens (tertiary/aromatic N) is 2. The maximum atomic E-state index is 13.1. The van der Waals surface area contributed by atoms with E-state index < -0.39 is 29.9 Å². The number of nitrogens with two attached hydrogens (primary N) is 3. The Morgan fingerprint density at radius 3 is 2.00 bits per heavy atom. The van der Waals surface area contributed by atoms with Crippen molar-refractivity contribution in [2.75, 3.05) is 45.0 Å². The number of hydrogen-bond donors (Lipinski definition) is 9. The molecule has 0 spiro atoms. The average molecular weight is 830 g/mol. The van der Waals surface area contributed by atoms with Crippen molar-refractivity contribution < 1.29 is 28.8 Å². The number of para-hydroxylation sites is 2. The van der Waals surface area contributed by atoms with Crippen molar-refractivity contribution in [1.82, 2.24) is 41.0 Å². The summed E-state index contributed by atoms with van der Waals surface area (Å²) in [5.74, 6) is -1.92.